The van der Waals surface area contributed by atoms with Gasteiger partial charge in [0.05, 0.1) is 6.61 Å². The van der Waals surface area contributed by atoms with Crippen molar-refractivity contribution in [3.05, 3.63) is 35.9 Å². The average molecular weight is 362 g/mol. The lowest BCUT2D eigenvalue weighted by molar-refractivity contribution is -0.137. The molecule has 0 heterocycles. The van der Waals surface area contributed by atoms with Crippen molar-refractivity contribution in [1.29, 1.82) is 0 Å². The van der Waals surface area contributed by atoms with Gasteiger partial charge in [0.15, 0.2) is 0 Å². The maximum atomic E-state index is 12.1. The summed E-state index contributed by atoms with van der Waals surface area (Å²) >= 11 is 0. The fourth-order valence-corrected chi connectivity index (χ4v) is 1.83. The van der Waals surface area contributed by atoms with Gasteiger partial charge in [-0.25, -0.2) is 9.59 Å². The molecule has 1 atom stereocenters. The summed E-state index contributed by atoms with van der Waals surface area (Å²) in [5.74, 6) is -0.780. The van der Waals surface area contributed by atoms with Crippen LogP contribution in [0.1, 0.15) is 40.2 Å². The number of nitrogens with one attached hydrogen (secondary N) is 2. The molecule has 1 rings (SSSR count). The van der Waals surface area contributed by atoms with Crippen LogP contribution in [0.25, 0.3) is 6.08 Å². The number of alkyl carbamates (subject to hydrolysis) is 1. The molecule has 7 nitrogen and oxygen atoms in total. The summed E-state index contributed by atoms with van der Waals surface area (Å²) in [4.78, 5) is 35.1. The summed E-state index contributed by atoms with van der Waals surface area (Å²) in [6.07, 6.45) is 2.31. The van der Waals surface area contributed by atoms with Crippen molar-refractivity contribution in [2.45, 2.75) is 46.3 Å². The molecular formula is C19H26N2O5. The Labute approximate surface area is 153 Å². The van der Waals surface area contributed by atoms with E-state index in [4.69, 9.17) is 9.47 Å². The Morgan fingerprint density at radius 1 is 1.15 bits per heavy atom. The van der Waals surface area contributed by atoms with E-state index in [1.807, 2.05) is 0 Å². The number of rotatable bonds is 6. The maximum absolute atomic E-state index is 12.1. The third kappa shape index (κ3) is 8.32. The fraction of sp³-hybridized carbons (Fsp3) is 0.421. The van der Waals surface area contributed by atoms with Crippen molar-refractivity contribution in [1.82, 2.24) is 5.32 Å². The molecule has 0 aliphatic carbocycles. The normalized spacial score (nSPS) is 12.3. The zero-order valence-corrected chi connectivity index (χ0v) is 15.8. The Hall–Kier alpha value is -2.83. The lowest BCUT2D eigenvalue weighted by atomic mass is 10.2. The van der Waals surface area contributed by atoms with E-state index >= 15 is 0 Å². The molecule has 0 fully saturated rings. The number of hydrogen-bond donors (Lipinski definition) is 2. The number of esters is 1. The summed E-state index contributed by atoms with van der Waals surface area (Å²) in [6.45, 7) is 8.86. The number of hydrogen-bond acceptors (Lipinski definition) is 5. The molecule has 0 saturated heterocycles. The highest BCUT2D eigenvalue weighted by molar-refractivity contribution is 5.96. The number of ether oxygens (including phenoxy) is 2. The quantitative estimate of drug-likeness (QED) is 0.599. The predicted octanol–water partition coefficient (Wildman–Crippen LogP) is 3.11. The lowest BCUT2D eigenvalue weighted by Gasteiger charge is -2.21. The molecule has 0 radical (unpaired) electrons. The Morgan fingerprint density at radius 3 is 2.31 bits per heavy atom. The summed E-state index contributed by atoms with van der Waals surface area (Å²) in [7, 11) is 0. The minimum atomic E-state index is -0.756. The maximum Gasteiger partial charge on any atom is 0.408 e. The molecule has 0 saturated carbocycles. The summed E-state index contributed by atoms with van der Waals surface area (Å²) < 4.78 is 9.91. The van der Waals surface area contributed by atoms with Gasteiger partial charge >= 0.3 is 12.1 Å². The van der Waals surface area contributed by atoms with Gasteiger partial charge in [-0.15, -0.1) is 0 Å². The van der Waals surface area contributed by atoms with Crippen molar-refractivity contribution < 1.29 is 23.9 Å². The van der Waals surface area contributed by atoms with Gasteiger partial charge < -0.3 is 20.1 Å². The fourth-order valence-electron chi connectivity index (χ4n) is 1.83. The lowest BCUT2D eigenvalue weighted by Crippen LogP contribution is -2.43. The van der Waals surface area contributed by atoms with E-state index in [-0.39, 0.29) is 5.91 Å². The zero-order valence-electron chi connectivity index (χ0n) is 15.8. The van der Waals surface area contributed by atoms with E-state index in [1.54, 1.807) is 65.0 Å². The van der Waals surface area contributed by atoms with E-state index in [9.17, 15) is 14.4 Å². The van der Waals surface area contributed by atoms with Gasteiger partial charge in [0.1, 0.15) is 11.6 Å². The van der Waals surface area contributed by atoms with Crippen LogP contribution in [0.3, 0.4) is 0 Å². The van der Waals surface area contributed by atoms with Crippen LogP contribution in [0.4, 0.5) is 10.5 Å². The Bertz CT molecular complexity index is 660. The van der Waals surface area contributed by atoms with Gasteiger partial charge in [0.2, 0.25) is 5.91 Å². The van der Waals surface area contributed by atoms with E-state index < -0.39 is 23.7 Å². The summed E-state index contributed by atoms with van der Waals surface area (Å²) in [5, 5.41) is 5.17. The topological polar surface area (TPSA) is 93.7 Å². The molecule has 1 aromatic rings. The SMILES string of the molecule is CCOC(=O)C=Cc1ccc(NC(=O)C(C)NC(=O)OC(C)(C)C)cc1. The first-order valence-corrected chi connectivity index (χ1v) is 8.36. The van der Waals surface area contributed by atoms with Crippen molar-refractivity contribution in [3.8, 4) is 0 Å². The molecule has 0 aromatic heterocycles. The molecule has 0 bridgehead atoms. The van der Waals surface area contributed by atoms with Crippen molar-refractivity contribution in [2.24, 2.45) is 0 Å². The zero-order chi connectivity index (χ0) is 19.7. The number of anilines is 1. The van der Waals surface area contributed by atoms with Crippen LogP contribution in [-0.4, -0.2) is 36.2 Å². The molecule has 7 heteroatoms. The standard InChI is InChI=1S/C19H26N2O5/c1-6-25-16(22)12-9-14-7-10-15(11-8-14)21-17(23)13(2)20-18(24)26-19(3,4)5/h7-13H,6H2,1-5H3,(H,20,24)(H,21,23). The molecule has 2 amide bonds. The van der Waals surface area contributed by atoms with E-state index in [2.05, 4.69) is 10.6 Å². The van der Waals surface area contributed by atoms with Crippen molar-refractivity contribution >= 4 is 29.7 Å². The Kier molecular flexibility index (Phi) is 7.83. The monoisotopic (exact) mass is 362 g/mol. The average Bonchev–Trinajstić information content (AvgIpc) is 2.52. The Morgan fingerprint density at radius 2 is 1.77 bits per heavy atom. The van der Waals surface area contributed by atoms with E-state index in [1.165, 1.54) is 6.08 Å². The highest BCUT2D eigenvalue weighted by atomic mass is 16.6. The van der Waals surface area contributed by atoms with E-state index in [0.717, 1.165) is 5.56 Å². The largest absolute Gasteiger partial charge is 0.463 e. The molecule has 0 spiro atoms. The van der Waals surface area contributed by atoms with Crippen LogP contribution in [0.15, 0.2) is 30.3 Å². The minimum Gasteiger partial charge on any atom is -0.463 e. The highest BCUT2D eigenvalue weighted by Gasteiger charge is 2.21. The van der Waals surface area contributed by atoms with Gasteiger partial charge in [0.25, 0.3) is 0 Å². The van der Waals surface area contributed by atoms with Gasteiger partial charge in [-0.05, 0) is 58.4 Å². The van der Waals surface area contributed by atoms with Gasteiger partial charge in [-0.3, -0.25) is 4.79 Å². The smallest absolute Gasteiger partial charge is 0.408 e. The Balaban J connectivity index is 2.56. The molecule has 0 aliphatic heterocycles. The van der Waals surface area contributed by atoms with Crippen LogP contribution in [0.2, 0.25) is 0 Å². The van der Waals surface area contributed by atoms with Crippen molar-refractivity contribution in [2.75, 3.05) is 11.9 Å². The first-order chi connectivity index (χ1) is 12.1. The van der Waals surface area contributed by atoms with Crippen molar-refractivity contribution in [3.63, 3.8) is 0 Å². The highest BCUT2D eigenvalue weighted by Crippen LogP contribution is 2.12. The molecule has 142 valence electrons. The van der Waals surface area contributed by atoms with Crippen LogP contribution in [0.5, 0.6) is 0 Å². The first kappa shape index (κ1) is 21.2. The van der Waals surface area contributed by atoms with Gasteiger partial charge in [0, 0.05) is 11.8 Å². The van der Waals surface area contributed by atoms with Crippen LogP contribution in [-0.2, 0) is 19.1 Å². The third-order valence-electron chi connectivity index (χ3n) is 3.00. The number of carbonyl (C=O) groups is 3. The number of amides is 2. The summed E-state index contributed by atoms with van der Waals surface area (Å²) in [5.41, 5.74) is 0.727. The molecule has 2 N–H and O–H groups in total. The van der Waals surface area contributed by atoms with E-state index in [0.29, 0.717) is 12.3 Å². The van der Waals surface area contributed by atoms with Gasteiger partial charge in [-0.1, -0.05) is 12.1 Å². The molecule has 1 aromatic carbocycles. The number of benzene rings is 1. The first-order valence-electron chi connectivity index (χ1n) is 8.36. The third-order valence-corrected chi connectivity index (χ3v) is 3.00. The number of carbonyl (C=O) groups excluding carboxylic acids is 3. The second kappa shape index (κ2) is 9.60. The van der Waals surface area contributed by atoms with Crippen LogP contribution < -0.4 is 10.6 Å². The molecular weight excluding hydrogens is 336 g/mol. The minimum absolute atomic E-state index is 0.323. The van der Waals surface area contributed by atoms with Crippen LogP contribution in [0, 0.1) is 0 Å². The molecule has 0 aliphatic rings. The molecule has 26 heavy (non-hydrogen) atoms. The predicted molar refractivity (Wildman–Crippen MR) is 99.6 cm³/mol. The van der Waals surface area contributed by atoms with Crippen LogP contribution >= 0.6 is 0 Å². The second-order valence-electron chi connectivity index (χ2n) is 6.56. The summed E-state index contributed by atoms with van der Waals surface area (Å²) in [6, 6.07) is 6.13. The molecule has 1 unspecified atom stereocenters. The van der Waals surface area contributed by atoms with Gasteiger partial charge in [-0.2, -0.15) is 0 Å². The second-order valence-corrected chi connectivity index (χ2v) is 6.56.